The van der Waals surface area contributed by atoms with Gasteiger partial charge in [-0.1, -0.05) is 13.2 Å². The highest BCUT2D eigenvalue weighted by Gasteiger charge is 1.88. The van der Waals surface area contributed by atoms with E-state index in [0.717, 1.165) is 0 Å². The van der Waals surface area contributed by atoms with Crippen molar-refractivity contribution in [1.29, 1.82) is 0 Å². The van der Waals surface area contributed by atoms with E-state index in [1.807, 2.05) is 0 Å². The van der Waals surface area contributed by atoms with Crippen LogP contribution < -0.4 is 0 Å². The minimum Gasteiger partial charge on any atom is -0.263 e. The van der Waals surface area contributed by atoms with Crippen molar-refractivity contribution in [3.8, 4) is 0 Å². The standard InChI is InChI=1S/C6H8N2/c1-5(7-3)6(2)8-4/h1-4H2. The Morgan fingerprint density at radius 1 is 0.875 bits per heavy atom. The van der Waals surface area contributed by atoms with Crippen molar-refractivity contribution in [2.24, 2.45) is 9.98 Å². The van der Waals surface area contributed by atoms with E-state index in [1.54, 1.807) is 0 Å². The molecule has 0 aromatic carbocycles. The van der Waals surface area contributed by atoms with E-state index < -0.39 is 0 Å². The maximum absolute atomic E-state index is 3.48. The lowest BCUT2D eigenvalue weighted by molar-refractivity contribution is 1.29. The van der Waals surface area contributed by atoms with Gasteiger partial charge in [-0.3, -0.25) is 9.98 Å². The molecule has 0 spiro atoms. The summed E-state index contributed by atoms with van der Waals surface area (Å²) in [4.78, 5) is 6.96. The Balaban J connectivity index is 4.02. The second-order valence-electron chi connectivity index (χ2n) is 1.21. The van der Waals surface area contributed by atoms with Crippen LogP contribution in [0.15, 0.2) is 34.5 Å². The summed E-state index contributed by atoms with van der Waals surface area (Å²) in [5.74, 6) is 0. The lowest BCUT2D eigenvalue weighted by atomic mass is 10.4. The average molecular weight is 108 g/mol. The summed E-state index contributed by atoms with van der Waals surface area (Å²) in [5, 5.41) is 0. The summed E-state index contributed by atoms with van der Waals surface area (Å²) in [6.45, 7) is 13.4. The molecule has 0 aromatic rings. The molecule has 0 bridgehead atoms. The molecule has 2 nitrogen and oxygen atoms in total. The molecule has 0 saturated carbocycles. The fourth-order valence-corrected chi connectivity index (χ4v) is 0.183. The lowest BCUT2D eigenvalue weighted by Gasteiger charge is -1.91. The smallest absolute Gasteiger partial charge is 0.0800 e. The molecular weight excluding hydrogens is 100 g/mol. The van der Waals surface area contributed by atoms with E-state index in [4.69, 9.17) is 0 Å². The van der Waals surface area contributed by atoms with Crippen molar-refractivity contribution >= 4 is 13.4 Å². The highest BCUT2D eigenvalue weighted by molar-refractivity contribution is 5.39. The van der Waals surface area contributed by atoms with Crippen LogP contribution in [0.3, 0.4) is 0 Å². The first-order valence-electron chi connectivity index (χ1n) is 2.04. The van der Waals surface area contributed by atoms with Gasteiger partial charge < -0.3 is 0 Å². The molecular formula is C6H8N2. The predicted octanol–water partition coefficient (Wildman–Crippen LogP) is 1.41. The molecule has 0 aliphatic rings. The van der Waals surface area contributed by atoms with Gasteiger partial charge in [0.25, 0.3) is 0 Å². The lowest BCUT2D eigenvalue weighted by Crippen LogP contribution is -1.74. The van der Waals surface area contributed by atoms with Gasteiger partial charge in [0.1, 0.15) is 0 Å². The molecule has 0 amide bonds. The van der Waals surface area contributed by atoms with E-state index in [-0.39, 0.29) is 0 Å². The van der Waals surface area contributed by atoms with Gasteiger partial charge >= 0.3 is 0 Å². The maximum Gasteiger partial charge on any atom is 0.0800 e. The van der Waals surface area contributed by atoms with Gasteiger partial charge in [0.2, 0.25) is 0 Å². The van der Waals surface area contributed by atoms with Crippen molar-refractivity contribution < 1.29 is 0 Å². The average Bonchev–Trinajstić information content (AvgIpc) is 1.84. The van der Waals surface area contributed by atoms with Crippen LogP contribution in [0.4, 0.5) is 0 Å². The van der Waals surface area contributed by atoms with Crippen LogP contribution in [0.1, 0.15) is 0 Å². The van der Waals surface area contributed by atoms with Crippen LogP contribution in [-0.4, -0.2) is 13.4 Å². The van der Waals surface area contributed by atoms with Gasteiger partial charge in [-0.05, 0) is 13.4 Å². The zero-order valence-electron chi connectivity index (χ0n) is 4.72. The molecule has 0 rings (SSSR count). The molecule has 0 fully saturated rings. The number of nitrogens with zero attached hydrogens (tertiary/aromatic N) is 2. The fraction of sp³-hybridized carbons (Fsp3) is 0. The number of aliphatic imine (C=N–C) groups is 2. The van der Waals surface area contributed by atoms with Crippen molar-refractivity contribution in [3.05, 3.63) is 24.6 Å². The predicted molar refractivity (Wildman–Crippen MR) is 37.4 cm³/mol. The van der Waals surface area contributed by atoms with Crippen molar-refractivity contribution in [2.75, 3.05) is 0 Å². The summed E-state index contributed by atoms with van der Waals surface area (Å²) in [6, 6.07) is 0. The van der Waals surface area contributed by atoms with Crippen LogP contribution in [0, 0.1) is 0 Å². The van der Waals surface area contributed by atoms with Crippen LogP contribution in [0.25, 0.3) is 0 Å². The van der Waals surface area contributed by atoms with Gasteiger partial charge in [-0.15, -0.1) is 0 Å². The van der Waals surface area contributed by atoms with E-state index in [0.29, 0.717) is 11.4 Å². The molecule has 0 aliphatic carbocycles. The van der Waals surface area contributed by atoms with Crippen molar-refractivity contribution in [1.82, 2.24) is 0 Å². The summed E-state index contributed by atoms with van der Waals surface area (Å²) < 4.78 is 0. The van der Waals surface area contributed by atoms with Crippen molar-refractivity contribution in [3.63, 3.8) is 0 Å². The molecule has 2 heteroatoms. The Morgan fingerprint density at radius 3 is 1.25 bits per heavy atom. The monoisotopic (exact) mass is 108 g/mol. The number of hydrogen-bond donors (Lipinski definition) is 0. The van der Waals surface area contributed by atoms with E-state index >= 15 is 0 Å². The second-order valence-corrected chi connectivity index (χ2v) is 1.21. The highest BCUT2D eigenvalue weighted by Crippen LogP contribution is 2.04. The third-order valence-corrected chi connectivity index (χ3v) is 0.715. The van der Waals surface area contributed by atoms with Gasteiger partial charge in [-0.25, -0.2) is 0 Å². The minimum absolute atomic E-state index is 0.472. The Morgan fingerprint density at radius 2 is 1.12 bits per heavy atom. The number of hydrogen-bond acceptors (Lipinski definition) is 2. The molecule has 0 radical (unpaired) electrons. The third-order valence-electron chi connectivity index (χ3n) is 0.715. The molecule has 0 heterocycles. The Hall–Kier alpha value is -1.18. The molecule has 0 atom stereocenters. The zero-order valence-corrected chi connectivity index (χ0v) is 4.72. The SMILES string of the molecule is C=NC(=C)C(=C)N=C. The van der Waals surface area contributed by atoms with Crippen LogP contribution in [-0.2, 0) is 0 Å². The Labute approximate surface area is 49.0 Å². The van der Waals surface area contributed by atoms with Gasteiger partial charge in [-0.2, -0.15) is 0 Å². The fourth-order valence-electron chi connectivity index (χ4n) is 0.183. The third kappa shape index (κ3) is 1.51. The van der Waals surface area contributed by atoms with Crippen LogP contribution >= 0.6 is 0 Å². The van der Waals surface area contributed by atoms with E-state index in [2.05, 4.69) is 36.6 Å². The molecule has 0 aromatic heterocycles. The van der Waals surface area contributed by atoms with E-state index in [1.165, 1.54) is 0 Å². The first-order valence-corrected chi connectivity index (χ1v) is 2.04. The Bertz CT molecular complexity index is 127. The van der Waals surface area contributed by atoms with Gasteiger partial charge in [0, 0.05) is 0 Å². The van der Waals surface area contributed by atoms with Crippen molar-refractivity contribution in [2.45, 2.75) is 0 Å². The zero-order chi connectivity index (χ0) is 6.57. The number of rotatable bonds is 3. The largest absolute Gasteiger partial charge is 0.263 e. The topological polar surface area (TPSA) is 24.7 Å². The molecule has 0 aliphatic heterocycles. The second kappa shape index (κ2) is 2.91. The van der Waals surface area contributed by atoms with E-state index in [9.17, 15) is 0 Å². The Kier molecular flexibility index (Phi) is 2.48. The molecule has 0 unspecified atom stereocenters. The molecule has 8 heavy (non-hydrogen) atoms. The van der Waals surface area contributed by atoms with Gasteiger partial charge in [0.15, 0.2) is 0 Å². The minimum atomic E-state index is 0.472. The highest BCUT2D eigenvalue weighted by atomic mass is 14.8. The normalized spacial score (nSPS) is 7.50. The molecule has 0 saturated heterocycles. The summed E-state index contributed by atoms with van der Waals surface area (Å²) >= 11 is 0. The first-order chi connectivity index (χ1) is 3.72. The molecule has 42 valence electrons. The first kappa shape index (κ1) is 6.82. The quantitative estimate of drug-likeness (QED) is 0.386. The maximum atomic E-state index is 3.48. The van der Waals surface area contributed by atoms with Crippen LogP contribution in [0.2, 0.25) is 0 Å². The molecule has 0 N–H and O–H groups in total. The van der Waals surface area contributed by atoms with Gasteiger partial charge in [0.05, 0.1) is 11.4 Å². The summed E-state index contributed by atoms with van der Waals surface area (Å²) in [6.07, 6.45) is 0. The summed E-state index contributed by atoms with van der Waals surface area (Å²) in [5.41, 5.74) is 0.944. The van der Waals surface area contributed by atoms with Crippen LogP contribution in [0.5, 0.6) is 0 Å². The summed E-state index contributed by atoms with van der Waals surface area (Å²) in [7, 11) is 0.